The first-order valence-corrected chi connectivity index (χ1v) is 32.5. The molecule has 10 aromatic rings. The van der Waals surface area contributed by atoms with Gasteiger partial charge in [-0.15, -0.1) is 0 Å². The van der Waals surface area contributed by atoms with Crippen molar-refractivity contribution in [3.63, 3.8) is 0 Å². The molecule has 354 valence electrons. The molecule has 0 saturated heterocycles. The smallest absolute Gasteiger partial charge is 0.0781 e. The zero-order valence-corrected chi connectivity index (χ0v) is 44.5. The highest BCUT2D eigenvalue weighted by Gasteiger charge is 2.24. The van der Waals surface area contributed by atoms with Crippen LogP contribution in [0.3, 0.4) is 0 Å². The van der Waals surface area contributed by atoms with Crippen molar-refractivity contribution >= 4 is 26.5 Å². The fourth-order valence-electron chi connectivity index (χ4n) is 10.2. The van der Waals surface area contributed by atoms with Crippen LogP contribution in [0, 0.1) is 0 Å². The average molecular weight is 966 g/mol. The summed E-state index contributed by atoms with van der Waals surface area (Å²) in [6.07, 6.45) is 10.1. The third-order valence-electron chi connectivity index (χ3n) is 14.0. The molecule has 0 unspecified atom stereocenters. The molecule has 0 spiro atoms. The maximum atomic E-state index is 5.17. The van der Waals surface area contributed by atoms with Crippen molar-refractivity contribution in [3.05, 3.63) is 247 Å². The zero-order valence-electron chi connectivity index (χ0n) is 42.5. The van der Waals surface area contributed by atoms with Gasteiger partial charge in [0.25, 0.3) is 0 Å². The predicted octanol–water partition coefficient (Wildman–Crippen LogP) is 16.2. The highest BCUT2D eigenvalue weighted by Crippen LogP contribution is 2.41. The SMILES string of the molecule is C[Si](C)(C)c1cc(-c2ccccc2)ncc1CCc1cc(CCc2cnc(-c3ccccc3)cc2[Si](C)(C)C)cc(-c2ccccc2-c2cnc(-c3ccccc3)cc2-c2ccc(-c3ccccc3)cc2)c1. The largest absolute Gasteiger partial charge is 0.256 e. The first kappa shape index (κ1) is 48.1. The minimum atomic E-state index is -1.73. The summed E-state index contributed by atoms with van der Waals surface area (Å²) in [5.41, 5.74) is 21.3. The van der Waals surface area contributed by atoms with E-state index in [1.54, 1.807) is 0 Å². The second kappa shape index (κ2) is 21.0. The van der Waals surface area contributed by atoms with Gasteiger partial charge in [-0.1, -0.05) is 238 Å². The van der Waals surface area contributed by atoms with Crippen LogP contribution in [-0.2, 0) is 25.7 Å². The molecule has 7 aromatic carbocycles. The van der Waals surface area contributed by atoms with E-state index in [4.69, 9.17) is 15.0 Å². The number of rotatable bonds is 15. The van der Waals surface area contributed by atoms with Crippen molar-refractivity contribution in [2.75, 3.05) is 0 Å². The molecule has 0 saturated carbocycles. The van der Waals surface area contributed by atoms with Crippen LogP contribution < -0.4 is 10.4 Å². The van der Waals surface area contributed by atoms with Crippen LogP contribution in [-0.4, -0.2) is 31.1 Å². The van der Waals surface area contributed by atoms with E-state index in [-0.39, 0.29) is 0 Å². The lowest BCUT2D eigenvalue weighted by atomic mass is 9.87. The van der Waals surface area contributed by atoms with Crippen LogP contribution in [0.1, 0.15) is 22.3 Å². The van der Waals surface area contributed by atoms with Crippen LogP contribution in [0.5, 0.6) is 0 Å². The van der Waals surface area contributed by atoms with Crippen molar-refractivity contribution < 1.29 is 0 Å². The number of pyridine rings is 3. The lowest BCUT2D eigenvalue weighted by Gasteiger charge is -2.23. The zero-order chi connectivity index (χ0) is 49.7. The van der Waals surface area contributed by atoms with E-state index in [0.717, 1.165) is 65.0 Å². The lowest BCUT2D eigenvalue weighted by molar-refractivity contribution is 0.928. The lowest BCUT2D eigenvalue weighted by Crippen LogP contribution is -2.40. The molecule has 3 heterocycles. The van der Waals surface area contributed by atoms with Crippen molar-refractivity contribution in [1.29, 1.82) is 0 Å². The molecule has 0 aliphatic carbocycles. The van der Waals surface area contributed by atoms with Gasteiger partial charge in [0.1, 0.15) is 0 Å². The third kappa shape index (κ3) is 11.0. The topological polar surface area (TPSA) is 38.7 Å². The first-order chi connectivity index (χ1) is 34.9. The van der Waals surface area contributed by atoms with Crippen molar-refractivity contribution in [2.45, 2.75) is 65.0 Å². The summed E-state index contributed by atoms with van der Waals surface area (Å²) < 4.78 is 0. The van der Waals surface area contributed by atoms with Crippen LogP contribution >= 0.6 is 0 Å². The van der Waals surface area contributed by atoms with Crippen LogP contribution in [0.25, 0.3) is 78.3 Å². The van der Waals surface area contributed by atoms with Crippen molar-refractivity contribution in [2.24, 2.45) is 0 Å². The Labute approximate surface area is 429 Å². The minimum absolute atomic E-state index is 0.909. The Morgan fingerprint density at radius 2 is 0.653 bits per heavy atom. The molecule has 0 N–H and O–H groups in total. The molecule has 0 atom stereocenters. The molecule has 0 amide bonds. The van der Waals surface area contributed by atoms with Gasteiger partial charge in [-0.2, -0.15) is 0 Å². The summed E-state index contributed by atoms with van der Waals surface area (Å²) in [6, 6.07) is 74.7. The monoisotopic (exact) mass is 965 g/mol. The quantitative estimate of drug-likeness (QED) is 0.0961. The van der Waals surface area contributed by atoms with Crippen LogP contribution in [0.15, 0.2) is 225 Å². The maximum Gasteiger partial charge on any atom is 0.0781 e. The highest BCUT2D eigenvalue weighted by molar-refractivity contribution is 6.89. The van der Waals surface area contributed by atoms with Crippen molar-refractivity contribution in [1.82, 2.24) is 15.0 Å². The second-order valence-corrected chi connectivity index (χ2v) is 31.3. The van der Waals surface area contributed by atoms with Gasteiger partial charge < -0.3 is 0 Å². The molecule has 5 heteroatoms. The van der Waals surface area contributed by atoms with Gasteiger partial charge >= 0.3 is 0 Å². The number of benzene rings is 7. The maximum absolute atomic E-state index is 5.17. The summed E-state index contributed by atoms with van der Waals surface area (Å²) in [4.78, 5) is 15.3. The summed E-state index contributed by atoms with van der Waals surface area (Å²) in [5, 5.41) is 2.97. The molecule has 0 aliphatic rings. The summed E-state index contributed by atoms with van der Waals surface area (Å²) in [7, 11) is -3.45. The third-order valence-corrected chi connectivity index (χ3v) is 18.1. The van der Waals surface area contributed by atoms with E-state index in [1.165, 1.54) is 71.6 Å². The van der Waals surface area contributed by atoms with Crippen LogP contribution in [0.4, 0.5) is 0 Å². The minimum Gasteiger partial charge on any atom is -0.256 e. The molecule has 72 heavy (non-hydrogen) atoms. The molecule has 0 bridgehead atoms. The Kier molecular flexibility index (Phi) is 14.0. The Morgan fingerprint density at radius 3 is 1.11 bits per heavy atom. The average Bonchev–Trinajstić information content (AvgIpc) is 3.42. The molecular weight excluding hydrogens is 903 g/mol. The summed E-state index contributed by atoms with van der Waals surface area (Å²) in [6.45, 7) is 14.7. The molecule has 0 fully saturated rings. The standard InChI is InChI=1S/C67H63N3Si2/c1-71(2,3)66-43-64(54-25-15-9-16-26-54)68-45-56(66)33-31-48-39-49(32-34-57-46-69-65(44-67(57)72(4,5)6)55-27-17-10-18-28-55)41-58(40-48)59-29-19-20-30-60(59)62-47-70-63(53-23-13-8-14-24-53)42-61(62)52-37-35-51(36-38-52)50-21-11-7-12-22-50/h7-30,35-47H,31-34H2,1-6H3. The first-order valence-electron chi connectivity index (χ1n) is 25.5. The van der Waals surface area contributed by atoms with Gasteiger partial charge in [0.05, 0.1) is 33.2 Å². The Balaban J connectivity index is 1.06. The molecule has 3 aromatic heterocycles. The number of aromatic nitrogens is 3. The Hall–Kier alpha value is -7.58. The van der Waals surface area contributed by atoms with E-state index >= 15 is 0 Å². The number of nitrogens with zero attached hydrogens (tertiary/aromatic N) is 3. The number of aryl methyl sites for hydroxylation is 4. The van der Waals surface area contributed by atoms with Crippen molar-refractivity contribution in [3.8, 4) is 78.3 Å². The van der Waals surface area contributed by atoms with E-state index in [9.17, 15) is 0 Å². The van der Waals surface area contributed by atoms with E-state index in [2.05, 4.69) is 264 Å². The number of hydrogen-bond donors (Lipinski definition) is 0. The van der Waals surface area contributed by atoms with E-state index in [1.807, 2.05) is 0 Å². The molecule has 0 radical (unpaired) electrons. The molecule has 10 rings (SSSR count). The predicted molar refractivity (Wildman–Crippen MR) is 312 cm³/mol. The second-order valence-electron chi connectivity index (χ2n) is 21.2. The van der Waals surface area contributed by atoms with Gasteiger partial charge in [0.2, 0.25) is 0 Å². The summed E-state index contributed by atoms with van der Waals surface area (Å²) >= 11 is 0. The summed E-state index contributed by atoms with van der Waals surface area (Å²) in [5.74, 6) is 0. The van der Waals surface area contributed by atoms with Gasteiger partial charge in [0.15, 0.2) is 0 Å². The normalized spacial score (nSPS) is 11.7. The fraction of sp³-hybridized carbons (Fsp3) is 0.149. The van der Waals surface area contributed by atoms with Gasteiger partial charge in [-0.05, 0) is 105 Å². The molecular formula is C67H63N3Si2. The molecule has 0 aliphatic heterocycles. The fourth-order valence-corrected chi connectivity index (χ4v) is 13.6. The Bertz CT molecular complexity index is 3330. The Morgan fingerprint density at radius 1 is 0.278 bits per heavy atom. The van der Waals surface area contributed by atoms with E-state index in [0.29, 0.717) is 0 Å². The van der Waals surface area contributed by atoms with Crippen LogP contribution in [0.2, 0.25) is 39.3 Å². The van der Waals surface area contributed by atoms with Gasteiger partial charge in [0, 0.05) is 40.8 Å². The highest BCUT2D eigenvalue weighted by atomic mass is 28.3. The van der Waals surface area contributed by atoms with Gasteiger partial charge in [-0.25, -0.2) is 0 Å². The van der Waals surface area contributed by atoms with E-state index < -0.39 is 16.1 Å². The number of hydrogen-bond acceptors (Lipinski definition) is 3. The van der Waals surface area contributed by atoms with Gasteiger partial charge in [-0.3, -0.25) is 15.0 Å². The molecule has 3 nitrogen and oxygen atoms in total.